The fraction of sp³-hybridized carbons (Fsp3) is 0.200. The van der Waals surface area contributed by atoms with E-state index in [9.17, 15) is 5.11 Å². The highest BCUT2D eigenvalue weighted by atomic mass is 35.5. The van der Waals surface area contributed by atoms with Crippen LogP contribution in [0.3, 0.4) is 0 Å². The van der Waals surface area contributed by atoms with Crippen molar-refractivity contribution in [3.63, 3.8) is 0 Å². The molecule has 0 atom stereocenters. The molecule has 0 fully saturated rings. The van der Waals surface area contributed by atoms with Crippen LogP contribution in [0.25, 0.3) is 0 Å². The molecular weight excluding hydrogens is 228 g/mol. The van der Waals surface area contributed by atoms with E-state index in [2.05, 4.69) is 20.5 Å². The maximum Gasteiger partial charge on any atom is 0.138 e. The van der Waals surface area contributed by atoms with Gasteiger partial charge < -0.3 is 10.4 Å². The molecule has 5 nitrogen and oxygen atoms in total. The van der Waals surface area contributed by atoms with Crippen LogP contribution in [0.1, 0.15) is 11.4 Å². The monoisotopic (exact) mass is 238 g/mol. The predicted molar refractivity (Wildman–Crippen MR) is 60.0 cm³/mol. The van der Waals surface area contributed by atoms with Crippen LogP contribution in [-0.2, 0) is 13.1 Å². The van der Waals surface area contributed by atoms with Gasteiger partial charge in [-0.25, -0.2) is 4.98 Å². The van der Waals surface area contributed by atoms with Crippen molar-refractivity contribution in [2.75, 3.05) is 0 Å². The summed E-state index contributed by atoms with van der Waals surface area (Å²) in [6, 6.07) is 5.26. The fourth-order valence-corrected chi connectivity index (χ4v) is 1.53. The minimum atomic E-state index is 0.120. The molecule has 1 heterocycles. The van der Waals surface area contributed by atoms with E-state index in [1.807, 2.05) is 6.07 Å². The van der Waals surface area contributed by atoms with Gasteiger partial charge in [0.1, 0.15) is 17.9 Å². The maximum atomic E-state index is 9.65. The Morgan fingerprint density at radius 1 is 1.38 bits per heavy atom. The molecule has 0 unspecified atom stereocenters. The standard InChI is InChI=1S/C10H11ClN4O/c11-8-3-1-2-7(10(8)16)4-12-5-9-13-6-14-15-9/h1-3,6,12,16H,4-5H2,(H,13,14,15). The normalized spacial score (nSPS) is 10.6. The number of para-hydroxylation sites is 1. The predicted octanol–water partition coefficient (Wildman–Crippen LogP) is 1.45. The molecule has 0 bridgehead atoms. The lowest BCUT2D eigenvalue weighted by Crippen LogP contribution is -2.13. The van der Waals surface area contributed by atoms with E-state index in [0.717, 1.165) is 11.4 Å². The molecule has 0 spiro atoms. The number of rotatable bonds is 4. The highest BCUT2D eigenvalue weighted by Gasteiger charge is 2.04. The van der Waals surface area contributed by atoms with Crippen LogP contribution in [0.2, 0.25) is 5.02 Å². The number of halogens is 1. The van der Waals surface area contributed by atoms with Crippen LogP contribution < -0.4 is 5.32 Å². The number of aromatic nitrogens is 3. The SMILES string of the molecule is Oc1c(Cl)cccc1CNCc1ncn[nH]1. The van der Waals surface area contributed by atoms with Crippen molar-refractivity contribution in [2.45, 2.75) is 13.1 Å². The zero-order chi connectivity index (χ0) is 11.4. The molecule has 2 rings (SSSR count). The molecule has 1 aromatic heterocycles. The molecule has 84 valence electrons. The van der Waals surface area contributed by atoms with Crippen LogP contribution in [-0.4, -0.2) is 20.3 Å². The first-order valence-corrected chi connectivity index (χ1v) is 5.16. The Balaban J connectivity index is 1.92. The summed E-state index contributed by atoms with van der Waals surface area (Å²) < 4.78 is 0. The van der Waals surface area contributed by atoms with Crippen LogP contribution in [0.5, 0.6) is 5.75 Å². The Kier molecular flexibility index (Phi) is 3.38. The highest BCUT2D eigenvalue weighted by molar-refractivity contribution is 6.32. The third-order valence-corrected chi connectivity index (χ3v) is 2.45. The van der Waals surface area contributed by atoms with Gasteiger partial charge in [-0.3, -0.25) is 5.10 Å². The summed E-state index contributed by atoms with van der Waals surface area (Å²) in [6.07, 6.45) is 1.45. The minimum Gasteiger partial charge on any atom is -0.506 e. The third kappa shape index (κ3) is 2.50. The maximum absolute atomic E-state index is 9.65. The summed E-state index contributed by atoms with van der Waals surface area (Å²) >= 11 is 5.79. The molecule has 16 heavy (non-hydrogen) atoms. The quantitative estimate of drug-likeness (QED) is 0.754. The van der Waals surface area contributed by atoms with E-state index in [1.54, 1.807) is 12.1 Å². The van der Waals surface area contributed by atoms with Crippen molar-refractivity contribution in [1.29, 1.82) is 0 Å². The second-order valence-corrected chi connectivity index (χ2v) is 3.69. The number of hydrogen-bond acceptors (Lipinski definition) is 4. The van der Waals surface area contributed by atoms with Gasteiger partial charge in [0.15, 0.2) is 0 Å². The van der Waals surface area contributed by atoms with Crippen molar-refractivity contribution >= 4 is 11.6 Å². The number of benzene rings is 1. The number of aromatic amines is 1. The molecule has 0 saturated heterocycles. The number of H-pyrrole nitrogens is 1. The molecule has 0 saturated carbocycles. The van der Waals surface area contributed by atoms with Gasteiger partial charge in [0.05, 0.1) is 11.6 Å². The number of phenolic OH excluding ortho intramolecular Hbond substituents is 1. The lowest BCUT2D eigenvalue weighted by Gasteiger charge is -2.06. The Bertz CT molecular complexity index is 458. The summed E-state index contributed by atoms with van der Waals surface area (Å²) in [4.78, 5) is 3.97. The average Bonchev–Trinajstić information content (AvgIpc) is 2.77. The molecule has 0 aliphatic carbocycles. The largest absolute Gasteiger partial charge is 0.506 e. The molecule has 1 aromatic carbocycles. The van der Waals surface area contributed by atoms with Crippen molar-refractivity contribution in [3.8, 4) is 5.75 Å². The van der Waals surface area contributed by atoms with Crippen LogP contribution in [0, 0.1) is 0 Å². The first-order chi connectivity index (χ1) is 7.77. The first-order valence-electron chi connectivity index (χ1n) is 4.78. The Morgan fingerprint density at radius 2 is 2.25 bits per heavy atom. The lowest BCUT2D eigenvalue weighted by atomic mass is 10.2. The molecular formula is C10H11ClN4O. The van der Waals surface area contributed by atoms with Crippen LogP contribution in [0.4, 0.5) is 0 Å². The molecule has 0 radical (unpaired) electrons. The number of aromatic hydroxyl groups is 1. The summed E-state index contributed by atoms with van der Waals surface area (Å²) in [5.74, 6) is 0.871. The van der Waals surface area contributed by atoms with Gasteiger partial charge >= 0.3 is 0 Å². The van der Waals surface area contributed by atoms with Gasteiger partial charge in [-0.2, -0.15) is 5.10 Å². The summed E-state index contributed by atoms with van der Waals surface area (Å²) in [5, 5.41) is 19.6. The van der Waals surface area contributed by atoms with Crippen molar-refractivity contribution in [1.82, 2.24) is 20.5 Å². The second kappa shape index (κ2) is 4.96. The number of nitrogens with zero attached hydrogens (tertiary/aromatic N) is 2. The number of phenols is 1. The van der Waals surface area contributed by atoms with Gasteiger partial charge in [-0.1, -0.05) is 23.7 Å². The van der Waals surface area contributed by atoms with E-state index in [1.165, 1.54) is 6.33 Å². The summed E-state index contributed by atoms with van der Waals surface area (Å²) in [6.45, 7) is 1.08. The zero-order valence-corrected chi connectivity index (χ0v) is 9.20. The minimum absolute atomic E-state index is 0.120. The van der Waals surface area contributed by atoms with Crippen molar-refractivity contribution in [3.05, 3.63) is 40.9 Å². The van der Waals surface area contributed by atoms with Gasteiger partial charge in [0.2, 0.25) is 0 Å². The fourth-order valence-electron chi connectivity index (χ4n) is 1.33. The van der Waals surface area contributed by atoms with E-state index >= 15 is 0 Å². The van der Waals surface area contributed by atoms with E-state index in [4.69, 9.17) is 11.6 Å². The van der Waals surface area contributed by atoms with Crippen molar-refractivity contribution < 1.29 is 5.11 Å². The molecule has 0 aliphatic rings. The molecule has 3 N–H and O–H groups in total. The number of hydrogen-bond donors (Lipinski definition) is 3. The first kappa shape index (κ1) is 10.9. The third-order valence-electron chi connectivity index (χ3n) is 2.14. The van der Waals surface area contributed by atoms with E-state index < -0.39 is 0 Å². The molecule has 2 aromatic rings. The van der Waals surface area contributed by atoms with Gasteiger partial charge in [0.25, 0.3) is 0 Å². The van der Waals surface area contributed by atoms with Gasteiger partial charge in [-0.15, -0.1) is 0 Å². The molecule has 6 heteroatoms. The Hall–Kier alpha value is -1.59. The number of nitrogens with one attached hydrogen (secondary N) is 2. The topological polar surface area (TPSA) is 73.8 Å². The van der Waals surface area contributed by atoms with E-state index in [0.29, 0.717) is 18.1 Å². The van der Waals surface area contributed by atoms with Crippen LogP contribution >= 0.6 is 11.6 Å². The van der Waals surface area contributed by atoms with Gasteiger partial charge in [0, 0.05) is 12.1 Å². The molecule has 0 amide bonds. The lowest BCUT2D eigenvalue weighted by molar-refractivity contribution is 0.464. The summed E-state index contributed by atoms with van der Waals surface area (Å²) in [7, 11) is 0. The zero-order valence-electron chi connectivity index (χ0n) is 8.44. The highest BCUT2D eigenvalue weighted by Crippen LogP contribution is 2.26. The average molecular weight is 239 g/mol. The summed E-state index contributed by atoms with van der Waals surface area (Å²) in [5.41, 5.74) is 0.756. The van der Waals surface area contributed by atoms with Gasteiger partial charge in [-0.05, 0) is 6.07 Å². The smallest absolute Gasteiger partial charge is 0.138 e. The molecule has 0 aliphatic heterocycles. The van der Waals surface area contributed by atoms with E-state index in [-0.39, 0.29) is 5.75 Å². The van der Waals surface area contributed by atoms with Crippen LogP contribution in [0.15, 0.2) is 24.5 Å². The Morgan fingerprint density at radius 3 is 3.00 bits per heavy atom. The second-order valence-electron chi connectivity index (χ2n) is 3.28. The van der Waals surface area contributed by atoms with Crippen molar-refractivity contribution in [2.24, 2.45) is 0 Å². The Labute approximate surface area is 97.5 Å².